The molecule has 1 unspecified atom stereocenters. The van der Waals surface area contributed by atoms with E-state index in [1.54, 1.807) is 0 Å². The largest absolute Gasteiger partial charge is 0.394 e. The van der Waals surface area contributed by atoms with Crippen LogP contribution in [0.1, 0.15) is 6.23 Å². The number of nitrogens with two attached hydrogens (primary N) is 1. The summed E-state index contributed by atoms with van der Waals surface area (Å²) in [6.45, 7) is -0.512. The zero-order valence-corrected chi connectivity index (χ0v) is 10.4. The zero-order valence-electron chi connectivity index (χ0n) is 9.59. The van der Waals surface area contributed by atoms with E-state index in [1.807, 2.05) is 4.98 Å². The molecule has 9 nitrogen and oxygen atoms in total. The van der Waals surface area contributed by atoms with Crippen molar-refractivity contribution in [2.75, 3.05) is 12.3 Å². The fraction of sp³-hybridized carbons (Fsp3) is 0.556. The number of nitrogens with zero attached hydrogens (tertiary/aromatic N) is 1. The fourth-order valence-corrected chi connectivity index (χ4v) is 1.80. The van der Waals surface area contributed by atoms with Crippen molar-refractivity contribution >= 4 is 18.1 Å². The predicted molar refractivity (Wildman–Crippen MR) is 66.0 cm³/mol. The van der Waals surface area contributed by atoms with Crippen molar-refractivity contribution in [2.45, 2.75) is 24.5 Å². The molecule has 1 saturated heterocycles. The number of aromatic nitrogens is 2. The van der Waals surface area contributed by atoms with Gasteiger partial charge in [0.1, 0.15) is 24.0 Å². The monoisotopic (exact) mass is 295 g/mol. The van der Waals surface area contributed by atoms with E-state index >= 15 is 0 Å². The lowest BCUT2D eigenvalue weighted by Gasteiger charge is -2.17. The first-order valence-corrected chi connectivity index (χ1v) is 5.19. The molecule has 1 aromatic heterocycles. The molecule has 1 fully saturated rings. The van der Waals surface area contributed by atoms with E-state index in [0.717, 1.165) is 10.8 Å². The summed E-state index contributed by atoms with van der Waals surface area (Å²) < 4.78 is 5.99. The van der Waals surface area contributed by atoms with Gasteiger partial charge in [0.15, 0.2) is 6.23 Å². The molecular formula is C9H14ClN3O6. The highest BCUT2D eigenvalue weighted by Crippen LogP contribution is 2.27. The Labute approximate surface area is 112 Å². The Bertz CT molecular complexity index is 558. The van der Waals surface area contributed by atoms with E-state index < -0.39 is 42.4 Å². The van der Waals surface area contributed by atoms with Crippen LogP contribution in [0.2, 0.25) is 0 Å². The molecule has 0 spiro atoms. The van der Waals surface area contributed by atoms with Crippen LogP contribution < -0.4 is 17.0 Å². The number of anilines is 1. The number of ether oxygens (including phenoxy) is 1. The van der Waals surface area contributed by atoms with E-state index in [1.165, 1.54) is 0 Å². The number of halogens is 1. The lowest BCUT2D eigenvalue weighted by Crippen LogP contribution is -2.38. The summed E-state index contributed by atoms with van der Waals surface area (Å²) in [6, 6.07) is 0. The molecule has 1 aromatic rings. The molecule has 0 bridgehead atoms. The van der Waals surface area contributed by atoms with Crippen LogP contribution in [0.4, 0.5) is 5.69 Å². The third-order valence-corrected chi connectivity index (χ3v) is 2.79. The van der Waals surface area contributed by atoms with Crippen molar-refractivity contribution < 1.29 is 20.1 Å². The van der Waals surface area contributed by atoms with Crippen molar-refractivity contribution in [3.8, 4) is 0 Å². The van der Waals surface area contributed by atoms with Gasteiger partial charge in [0, 0.05) is 6.20 Å². The summed E-state index contributed by atoms with van der Waals surface area (Å²) in [4.78, 5) is 24.6. The molecule has 6 N–H and O–H groups in total. The highest BCUT2D eigenvalue weighted by Gasteiger charge is 2.43. The normalized spacial score (nSPS) is 30.1. The summed E-state index contributed by atoms with van der Waals surface area (Å²) >= 11 is 0. The first kappa shape index (κ1) is 15.7. The Morgan fingerprint density at radius 2 is 2.00 bits per heavy atom. The molecule has 0 radical (unpaired) electrons. The lowest BCUT2D eigenvalue weighted by molar-refractivity contribution is -0.0549. The van der Waals surface area contributed by atoms with Gasteiger partial charge in [-0.15, -0.1) is 12.4 Å². The van der Waals surface area contributed by atoms with Crippen molar-refractivity contribution in [3.63, 3.8) is 0 Å². The number of H-pyrrole nitrogens is 1. The van der Waals surface area contributed by atoms with Crippen LogP contribution in [-0.2, 0) is 4.74 Å². The van der Waals surface area contributed by atoms with Crippen LogP contribution >= 0.6 is 12.4 Å². The molecule has 2 rings (SSSR count). The molecule has 0 aromatic carbocycles. The minimum atomic E-state index is -1.41. The zero-order chi connectivity index (χ0) is 13.4. The second-order valence-corrected chi connectivity index (χ2v) is 3.98. The number of aliphatic hydroxyl groups excluding tert-OH is 3. The third-order valence-electron chi connectivity index (χ3n) is 2.79. The maximum absolute atomic E-state index is 11.5. The summed E-state index contributed by atoms with van der Waals surface area (Å²) in [5.74, 6) is 0. The highest BCUT2D eigenvalue weighted by atomic mass is 35.5. The van der Waals surface area contributed by atoms with Crippen molar-refractivity contribution in [2.24, 2.45) is 0 Å². The molecule has 0 saturated carbocycles. The first-order valence-electron chi connectivity index (χ1n) is 5.19. The standard InChI is InChI=1S/C9H13N3O6.ClH/c10-3-1-12(9(17)11-7(3)16)8-6(15)5(14)4(2-13)18-8;/h1,4-6,8,13-15H,2,10H2,(H,11,16,17);1H/t4-,5-,6?,8-;/m1./s1. The Morgan fingerprint density at radius 3 is 2.53 bits per heavy atom. The Hall–Kier alpha value is -1.39. The van der Waals surface area contributed by atoms with Gasteiger partial charge in [0.05, 0.1) is 6.61 Å². The smallest absolute Gasteiger partial charge is 0.330 e. The molecule has 0 aliphatic carbocycles. The highest BCUT2D eigenvalue weighted by molar-refractivity contribution is 5.85. The van der Waals surface area contributed by atoms with E-state index in [-0.39, 0.29) is 18.1 Å². The number of rotatable bonds is 2. The molecule has 10 heteroatoms. The Morgan fingerprint density at radius 1 is 1.37 bits per heavy atom. The molecule has 1 aliphatic rings. The van der Waals surface area contributed by atoms with Gasteiger partial charge in [-0.05, 0) is 0 Å². The minimum Gasteiger partial charge on any atom is -0.394 e. The second kappa shape index (κ2) is 5.72. The molecular weight excluding hydrogens is 282 g/mol. The van der Waals surface area contributed by atoms with Crippen LogP contribution in [0.25, 0.3) is 0 Å². The van der Waals surface area contributed by atoms with E-state index in [2.05, 4.69) is 0 Å². The SMILES string of the molecule is Cl.Nc1cn([C@@H]2O[C@H](CO)[C@@H](O)C2O)c(=O)[nH]c1=O. The number of aliphatic hydroxyl groups is 3. The number of aromatic amines is 1. The molecule has 0 amide bonds. The first-order chi connectivity index (χ1) is 8.45. The van der Waals surface area contributed by atoms with E-state index in [9.17, 15) is 19.8 Å². The minimum absolute atomic E-state index is 0. The molecule has 108 valence electrons. The Kier molecular flexibility index (Phi) is 4.71. The van der Waals surface area contributed by atoms with Crippen molar-refractivity contribution in [3.05, 3.63) is 27.0 Å². The van der Waals surface area contributed by atoms with Gasteiger partial charge in [0.2, 0.25) is 0 Å². The third kappa shape index (κ3) is 2.65. The van der Waals surface area contributed by atoms with Gasteiger partial charge in [-0.25, -0.2) is 4.79 Å². The average Bonchev–Trinajstić information content (AvgIpc) is 2.61. The topological polar surface area (TPSA) is 151 Å². The van der Waals surface area contributed by atoms with Crippen LogP contribution in [0.3, 0.4) is 0 Å². The van der Waals surface area contributed by atoms with Gasteiger partial charge in [-0.3, -0.25) is 14.3 Å². The van der Waals surface area contributed by atoms with Gasteiger partial charge < -0.3 is 25.8 Å². The molecule has 2 heterocycles. The lowest BCUT2D eigenvalue weighted by atomic mass is 10.1. The van der Waals surface area contributed by atoms with Crippen molar-refractivity contribution in [1.29, 1.82) is 0 Å². The van der Waals surface area contributed by atoms with Gasteiger partial charge in [-0.1, -0.05) is 0 Å². The van der Waals surface area contributed by atoms with Gasteiger partial charge >= 0.3 is 5.69 Å². The van der Waals surface area contributed by atoms with Gasteiger partial charge in [0.25, 0.3) is 5.56 Å². The predicted octanol–water partition coefficient (Wildman–Crippen LogP) is -2.85. The van der Waals surface area contributed by atoms with Crippen LogP contribution in [0.15, 0.2) is 15.8 Å². The summed E-state index contributed by atoms with van der Waals surface area (Å²) in [7, 11) is 0. The number of hydrogen-bond donors (Lipinski definition) is 5. The summed E-state index contributed by atoms with van der Waals surface area (Å²) in [5, 5.41) is 28.2. The number of hydrogen-bond acceptors (Lipinski definition) is 7. The number of nitrogens with one attached hydrogen (secondary N) is 1. The molecule has 1 aliphatic heterocycles. The summed E-state index contributed by atoms with van der Waals surface area (Å²) in [5.41, 5.74) is 3.55. The maximum Gasteiger partial charge on any atom is 0.330 e. The van der Waals surface area contributed by atoms with E-state index in [4.69, 9.17) is 15.6 Å². The Balaban J connectivity index is 0.00000180. The number of nitrogen functional groups attached to an aromatic ring is 1. The molecule has 19 heavy (non-hydrogen) atoms. The van der Waals surface area contributed by atoms with Crippen LogP contribution in [0.5, 0.6) is 0 Å². The quantitative estimate of drug-likeness (QED) is 0.394. The van der Waals surface area contributed by atoms with E-state index in [0.29, 0.717) is 0 Å². The fourth-order valence-electron chi connectivity index (χ4n) is 1.80. The average molecular weight is 296 g/mol. The van der Waals surface area contributed by atoms with Crippen molar-refractivity contribution in [1.82, 2.24) is 9.55 Å². The maximum atomic E-state index is 11.5. The van der Waals surface area contributed by atoms with Crippen LogP contribution in [-0.4, -0.2) is 49.8 Å². The van der Waals surface area contributed by atoms with Gasteiger partial charge in [-0.2, -0.15) is 0 Å². The summed E-state index contributed by atoms with van der Waals surface area (Å²) in [6.07, 6.45) is -3.96. The second-order valence-electron chi connectivity index (χ2n) is 3.98. The molecule has 4 atom stereocenters. The van der Waals surface area contributed by atoms with Crippen LogP contribution in [0, 0.1) is 0 Å².